The van der Waals surface area contributed by atoms with Crippen LogP contribution in [0.25, 0.3) is 0 Å². The number of hydrogen-bond donors (Lipinski definition) is 0. The van der Waals surface area contributed by atoms with E-state index in [1.165, 1.54) is 0 Å². The Morgan fingerprint density at radius 3 is 2.55 bits per heavy atom. The normalized spacial score (nSPS) is 18.4. The van der Waals surface area contributed by atoms with Crippen LogP contribution in [0.5, 0.6) is 0 Å². The summed E-state index contributed by atoms with van der Waals surface area (Å²) in [5.41, 5.74) is 1.06. The van der Waals surface area contributed by atoms with Crippen molar-refractivity contribution in [1.82, 2.24) is 0 Å². The SMILES string of the molecule is Brc1cccc(C2(Br)N=N2)c1. The van der Waals surface area contributed by atoms with E-state index in [2.05, 4.69) is 42.1 Å². The maximum Gasteiger partial charge on any atom is 0.269 e. The molecule has 0 aliphatic carbocycles. The van der Waals surface area contributed by atoms with Crippen molar-refractivity contribution in [2.24, 2.45) is 10.2 Å². The summed E-state index contributed by atoms with van der Waals surface area (Å²) < 4.78 is 0.614. The fourth-order valence-electron chi connectivity index (χ4n) is 0.846. The Balaban J connectivity index is 2.39. The Hall–Kier alpha value is -0.220. The molecule has 1 aromatic carbocycles. The highest BCUT2D eigenvalue weighted by Gasteiger charge is 2.38. The number of halogens is 2. The lowest BCUT2D eigenvalue weighted by Crippen LogP contribution is -1.95. The average Bonchev–Trinajstić information content (AvgIpc) is 2.70. The van der Waals surface area contributed by atoms with Crippen molar-refractivity contribution in [3.05, 3.63) is 34.3 Å². The van der Waals surface area contributed by atoms with Crippen LogP contribution in [-0.2, 0) is 4.57 Å². The fraction of sp³-hybridized carbons (Fsp3) is 0.143. The highest BCUT2D eigenvalue weighted by Crippen LogP contribution is 2.45. The van der Waals surface area contributed by atoms with Crippen LogP contribution in [0.4, 0.5) is 0 Å². The molecule has 56 valence electrons. The summed E-state index contributed by atoms with van der Waals surface area (Å²) in [7, 11) is 0. The lowest BCUT2D eigenvalue weighted by atomic mass is 10.2. The van der Waals surface area contributed by atoms with Crippen molar-refractivity contribution in [3.63, 3.8) is 0 Å². The first kappa shape index (κ1) is 7.43. The van der Waals surface area contributed by atoms with E-state index in [1.54, 1.807) is 0 Å². The molecular formula is C7H4Br2N2. The van der Waals surface area contributed by atoms with Crippen molar-refractivity contribution in [3.8, 4) is 0 Å². The Morgan fingerprint density at radius 1 is 1.27 bits per heavy atom. The molecule has 1 heterocycles. The summed E-state index contributed by atoms with van der Waals surface area (Å²) in [4.78, 5) is 0. The summed E-state index contributed by atoms with van der Waals surface area (Å²) in [5, 5.41) is 7.73. The van der Waals surface area contributed by atoms with Gasteiger partial charge in [0.25, 0.3) is 4.57 Å². The van der Waals surface area contributed by atoms with Gasteiger partial charge in [0.2, 0.25) is 0 Å². The first-order chi connectivity index (χ1) is 5.21. The van der Waals surface area contributed by atoms with Gasteiger partial charge in [0.15, 0.2) is 0 Å². The lowest BCUT2D eigenvalue weighted by molar-refractivity contribution is 0.982. The van der Waals surface area contributed by atoms with E-state index in [9.17, 15) is 0 Å². The molecular weight excluding hydrogens is 272 g/mol. The standard InChI is InChI=1S/C7H4Br2N2/c8-6-3-1-2-5(4-6)7(9)10-11-7/h1-4H. The second kappa shape index (κ2) is 2.38. The van der Waals surface area contributed by atoms with Crippen molar-refractivity contribution in [2.45, 2.75) is 4.57 Å². The lowest BCUT2D eigenvalue weighted by Gasteiger charge is -2.01. The molecule has 1 aliphatic rings. The molecule has 0 amide bonds. The van der Waals surface area contributed by atoms with Crippen LogP contribution in [0.2, 0.25) is 0 Å². The topological polar surface area (TPSA) is 24.7 Å². The molecule has 0 saturated carbocycles. The number of hydrogen-bond acceptors (Lipinski definition) is 2. The van der Waals surface area contributed by atoms with Gasteiger partial charge in [0, 0.05) is 10.0 Å². The molecule has 0 atom stereocenters. The van der Waals surface area contributed by atoms with Crippen LogP contribution in [0.3, 0.4) is 0 Å². The number of rotatable bonds is 1. The molecule has 11 heavy (non-hydrogen) atoms. The van der Waals surface area contributed by atoms with Crippen molar-refractivity contribution >= 4 is 31.9 Å². The van der Waals surface area contributed by atoms with E-state index in [0.717, 1.165) is 10.0 Å². The summed E-state index contributed by atoms with van der Waals surface area (Å²) in [6.45, 7) is 0. The van der Waals surface area contributed by atoms with Gasteiger partial charge in [-0.3, -0.25) is 0 Å². The van der Waals surface area contributed by atoms with Gasteiger partial charge in [0.1, 0.15) is 0 Å². The summed E-state index contributed by atoms with van der Waals surface area (Å²) >= 11 is 6.76. The van der Waals surface area contributed by atoms with Crippen LogP contribution >= 0.6 is 31.9 Å². The molecule has 0 radical (unpaired) electrons. The van der Waals surface area contributed by atoms with Gasteiger partial charge in [-0.05, 0) is 28.1 Å². The molecule has 1 aromatic rings. The largest absolute Gasteiger partial charge is 0.269 e. The average molecular weight is 276 g/mol. The highest BCUT2D eigenvalue weighted by molar-refractivity contribution is 9.10. The van der Waals surface area contributed by atoms with Crippen LogP contribution in [0, 0.1) is 0 Å². The zero-order valence-electron chi connectivity index (χ0n) is 5.46. The van der Waals surface area contributed by atoms with Gasteiger partial charge in [0.05, 0.1) is 0 Å². The Morgan fingerprint density at radius 2 is 2.00 bits per heavy atom. The maximum atomic E-state index is 3.87. The smallest absolute Gasteiger partial charge is 0.140 e. The molecule has 0 spiro atoms. The maximum absolute atomic E-state index is 3.87. The Bertz CT molecular complexity index is 316. The molecule has 2 nitrogen and oxygen atoms in total. The molecule has 0 unspecified atom stereocenters. The molecule has 0 fully saturated rings. The molecule has 0 N–H and O–H groups in total. The number of nitrogens with zero attached hydrogens (tertiary/aromatic N) is 2. The van der Waals surface area contributed by atoms with E-state index < -0.39 is 4.57 Å². The minimum Gasteiger partial charge on any atom is -0.140 e. The van der Waals surface area contributed by atoms with E-state index in [-0.39, 0.29) is 0 Å². The van der Waals surface area contributed by atoms with E-state index >= 15 is 0 Å². The van der Waals surface area contributed by atoms with E-state index in [0.29, 0.717) is 0 Å². The third kappa shape index (κ3) is 1.37. The fourth-order valence-corrected chi connectivity index (χ4v) is 1.57. The van der Waals surface area contributed by atoms with Crippen LogP contribution < -0.4 is 0 Å². The van der Waals surface area contributed by atoms with Crippen molar-refractivity contribution in [2.75, 3.05) is 0 Å². The van der Waals surface area contributed by atoms with Crippen LogP contribution in [0.1, 0.15) is 5.56 Å². The Kier molecular flexibility index (Phi) is 1.61. The highest BCUT2D eigenvalue weighted by atomic mass is 79.9. The second-order valence-corrected chi connectivity index (χ2v) is 4.32. The molecule has 2 rings (SSSR count). The summed E-state index contributed by atoms with van der Waals surface area (Å²) in [6, 6.07) is 7.92. The summed E-state index contributed by atoms with van der Waals surface area (Å²) in [6.07, 6.45) is 0. The first-order valence-corrected chi connectivity index (χ1v) is 4.68. The van der Waals surface area contributed by atoms with Gasteiger partial charge in [-0.1, -0.05) is 28.1 Å². The van der Waals surface area contributed by atoms with Gasteiger partial charge < -0.3 is 0 Å². The number of benzene rings is 1. The molecule has 1 aliphatic heterocycles. The van der Waals surface area contributed by atoms with Crippen LogP contribution in [0.15, 0.2) is 39.0 Å². The van der Waals surface area contributed by atoms with Crippen molar-refractivity contribution < 1.29 is 0 Å². The zero-order valence-corrected chi connectivity index (χ0v) is 8.63. The van der Waals surface area contributed by atoms with Gasteiger partial charge in [-0.25, -0.2) is 0 Å². The van der Waals surface area contributed by atoms with Gasteiger partial charge >= 0.3 is 0 Å². The first-order valence-electron chi connectivity index (χ1n) is 3.10. The third-order valence-corrected chi connectivity index (χ3v) is 2.74. The minimum absolute atomic E-state index is 0.434. The Labute approximate surface area is 81.0 Å². The van der Waals surface area contributed by atoms with E-state index in [1.807, 2.05) is 24.3 Å². The molecule has 0 aromatic heterocycles. The van der Waals surface area contributed by atoms with Gasteiger partial charge in [-0.2, -0.15) is 0 Å². The predicted molar refractivity (Wildman–Crippen MR) is 49.6 cm³/mol. The third-order valence-electron chi connectivity index (χ3n) is 1.47. The second-order valence-electron chi connectivity index (χ2n) is 2.30. The molecule has 4 heteroatoms. The van der Waals surface area contributed by atoms with Gasteiger partial charge in [-0.15, -0.1) is 10.2 Å². The minimum atomic E-state index is -0.434. The van der Waals surface area contributed by atoms with Crippen molar-refractivity contribution in [1.29, 1.82) is 0 Å². The quantitative estimate of drug-likeness (QED) is 0.554. The van der Waals surface area contributed by atoms with Crippen LogP contribution in [-0.4, -0.2) is 0 Å². The molecule has 0 bridgehead atoms. The molecule has 0 saturated heterocycles. The predicted octanol–water partition coefficient (Wildman–Crippen LogP) is 3.42. The number of alkyl halides is 1. The summed E-state index contributed by atoms with van der Waals surface area (Å²) in [5.74, 6) is 0. The van der Waals surface area contributed by atoms with E-state index in [4.69, 9.17) is 0 Å². The monoisotopic (exact) mass is 274 g/mol. The zero-order chi connectivity index (χ0) is 7.90.